The molecular weight excluding hydrogens is 464 g/mol. The van der Waals surface area contributed by atoms with E-state index in [0.717, 1.165) is 5.69 Å². The second kappa shape index (κ2) is 10.4. The summed E-state index contributed by atoms with van der Waals surface area (Å²) in [4.78, 5) is 42.8. The van der Waals surface area contributed by atoms with Crippen LogP contribution in [0, 0.1) is 11.8 Å². The molecule has 0 fully saturated rings. The fourth-order valence-corrected chi connectivity index (χ4v) is 3.62. The highest BCUT2D eigenvalue weighted by Crippen LogP contribution is 2.26. The van der Waals surface area contributed by atoms with Crippen molar-refractivity contribution in [1.82, 2.24) is 24.6 Å². The van der Waals surface area contributed by atoms with Crippen LogP contribution in [0.4, 0.5) is 4.79 Å². The van der Waals surface area contributed by atoms with E-state index >= 15 is 0 Å². The first-order valence-corrected chi connectivity index (χ1v) is 11.6. The molecule has 3 amide bonds. The highest BCUT2D eigenvalue weighted by Gasteiger charge is 2.32. The minimum Gasteiger partial charge on any atom is -0.444 e. The number of fused-ring (bicyclic) bond motifs is 1. The number of nitrogens with zero attached hydrogens (tertiary/aromatic N) is 5. The van der Waals surface area contributed by atoms with Crippen molar-refractivity contribution in [3.63, 3.8) is 0 Å². The van der Waals surface area contributed by atoms with Gasteiger partial charge in [-0.25, -0.2) is 14.5 Å². The number of hydrogen-bond acceptors (Lipinski definition) is 7. The summed E-state index contributed by atoms with van der Waals surface area (Å²) in [5, 5.41) is 14.9. The van der Waals surface area contributed by atoms with Crippen LogP contribution >= 0.6 is 0 Å². The lowest BCUT2D eigenvalue weighted by Crippen LogP contribution is -2.40. The summed E-state index contributed by atoms with van der Waals surface area (Å²) in [7, 11) is 1.63. The SMILES string of the molecule is CN(C=O)CC[C@@](C)(O)C#Cc1ccnc(-n2nc(C(N)=O)c3c2CCN(C(=O)OC(C)(C)C)C3)c1. The predicted octanol–water partition coefficient (Wildman–Crippen LogP) is 1.24. The van der Waals surface area contributed by atoms with Crippen molar-refractivity contribution in [3.8, 4) is 17.7 Å². The third kappa shape index (κ3) is 6.60. The Morgan fingerprint density at radius 3 is 2.69 bits per heavy atom. The summed E-state index contributed by atoms with van der Waals surface area (Å²) in [5.41, 5.74) is 5.59. The second-order valence-corrected chi connectivity index (χ2v) is 9.96. The Labute approximate surface area is 210 Å². The van der Waals surface area contributed by atoms with Gasteiger partial charge >= 0.3 is 6.09 Å². The highest BCUT2D eigenvalue weighted by molar-refractivity contribution is 5.93. The van der Waals surface area contributed by atoms with Gasteiger partial charge in [-0.1, -0.05) is 11.8 Å². The molecule has 0 aromatic carbocycles. The van der Waals surface area contributed by atoms with Crippen molar-refractivity contribution in [3.05, 3.63) is 40.8 Å². The summed E-state index contributed by atoms with van der Waals surface area (Å²) in [5.74, 6) is 5.49. The fraction of sp³-hybridized carbons (Fsp3) is 0.480. The first-order chi connectivity index (χ1) is 16.8. The number of ether oxygens (including phenoxy) is 1. The molecule has 0 saturated heterocycles. The van der Waals surface area contributed by atoms with Crippen molar-refractivity contribution >= 4 is 18.4 Å². The average molecular weight is 497 g/mol. The zero-order valence-electron chi connectivity index (χ0n) is 21.2. The van der Waals surface area contributed by atoms with Gasteiger partial charge in [0.05, 0.1) is 12.2 Å². The van der Waals surface area contributed by atoms with Gasteiger partial charge in [-0.3, -0.25) is 9.59 Å². The summed E-state index contributed by atoms with van der Waals surface area (Å²) in [6.07, 6.45) is 2.48. The number of carbonyl (C=O) groups excluding carboxylic acids is 3. The number of rotatable bonds is 6. The maximum Gasteiger partial charge on any atom is 0.410 e. The number of amides is 3. The lowest BCUT2D eigenvalue weighted by atomic mass is 10.0. The molecule has 11 heteroatoms. The topological polar surface area (TPSA) is 144 Å². The van der Waals surface area contributed by atoms with Gasteiger partial charge in [0.1, 0.15) is 11.2 Å². The fourth-order valence-electron chi connectivity index (χ4n) is 3.62. The molecule has 0 saturated carbocycles. The largest absolute Gasteiger partial charge is 0.444 e. The van der Waals surface area contributed by atoms with Crippen molar-refractivity contribution < 1.29 is 24.2 Å². The van der Waals surface area contributed by atoms with Gasteiger partial charge in [0.15, 0.2) is 11.5 Å². The van der Waals surface area contributed by atoms with Crippen LogP contribution in [0.2, 0.25) is 0 Å². The summed E-state index contributed by atoms with van der Waals surface area (Å²) >= 11 is 0. The molecular formula is C25H32N6O5. The van der Waals surface area contributed by atoms with Crippen LogP contribution in [-0.2, 0) is 22.5 Å². The Bertz CT molecular complexity index is 1220. The van der Waals surface area contributed by atoms with Gasteiger partial charge in [-0.15, -0.1) is 0 Å². The predicted molar refractivity (Wildman–Crippen MR) is 131 cm³/mol. The zero-order valence-corrected chi connectivity index (χ0v) is 21.2. The lowest BCUT2D eigenvalue weighted by Gasteiger charge is -2.30. The Morgan fingerprint density at radius 1 is 1.33 bits per heavy atom. The Kier molecular flexibility index (Phi) is 7.69. The van der Waals surface area contributed by atoms with Gasteiger partial charge in [-0.2, -0.15) is 5.10 Å². The standard InChI is InChI=1S/C25H32N6O5/c1-24(2,3)36-23(34)30-12-8-19-18(15-30)21(22(26)33)28-31(19)20-14-17(7-11-27-20)6-9-25(4,35)10-13-29(5)16-32/h7,11,14,16,35H,8,10,12-13,15H2,1-5H3,(H2,26,33)/t25-/m0/s1. The van der Waals surface area contributed by atoms with Crippen LogP contribution in [0.25, 0.3) is 5.82 Å². The highest BCUT2D eigenvalue weighted by atomic mass is 16.6. The third-order valence-corrected chi connectivity index (χ3v) is 5.51. The van der Waals surface area contributed by atoms with Gasteiger partial charge in [0.2, 0.25) is 6.41 Å². The van der Waals surface area contributed by atoms with Crippen LogP contribution in [0.15, 0.2) is 18.3 Å². The van der Waals surface area contributed by atoms with E-state index in [1.165, 1.54) is 9.80 Å². The average Bonchev–Trinajstić information content (AvgIpc) is 3.20. The van der Waals surface area contributed by atoms with E-state index in [2.05, 4.69) is 21.9 Å². The minimum absolute atomic E-state index is 0.0683. The van der Waals surface area contributed by atoms with E-state index in [9.17, 15) is 19.5 Å². The molecule has 1 atom stereocenters. The van der Waals surface area contributed by atoms with E-state index in [4.69, 9.17) is 10.5 Å². The third-order valence-electron chi connectivity index (χ3n) is 5.51. The smallest absolute Gasteiger partial charge is 0.410 e. The molecule has 0 radical (unpaired) electrons. The minimum atomic E-state index is -1.30. The van der Waals surface area contributed by atoms with Gasteiger partial charge in [0.25, 0.3) is 5.91 Å². The van der Waals surface area contributed by atoms with Gasteiger partial charge < -0.3 is 25.4 Å². The van der Waals surface area contributed by atoms with Crippen LogP contribution in [0.1, 0.15) is 61.4 Å². The number of pyridine rings is 1. The zero-order chi connectivity index (χ0) is 26.7. The van der Waals surface area contributed by atoms with E-state index in [0.29, 0.717) is 42.9 Å². The first kappa shape index (κ1) is 26.7. The molecule has 2 aromatic heterocycles. The van der Waals surface area contributed by atoms with Crippen molar-refractivity contribution in [2.24, 2.45) is 5.73 Å². The molecule has 192 valence electrons. The number of hydrogen-bond donors (Lipinski definition) is 2. The van der Waals surface area contributed by atoms with Gasteiger partial charge in [-0.05, 0) is 39.8 Å². The molecule has 11 nitrogen and oxygen atoms in total. The van der Waals surface area contributed by atoms with Crippen molar-refractivity contribution in [2.45, 2.75) is 58.3 Å². The summed E-state index contributed by atoms with van der Waals surface area (Å²) < 4.78 is 7.01. The summed E-state index contributed by atoms with van der Waals surface area (Å²) in [6.45, 7) is 7.83. The molecule has 0 bridgehead atoms. The van der Waals surface area contributed by atoms with Crippen molar-refractivity contribution in [1.29, 1.82) is 0 Å². The quantitative estimate of drug-likeness (QED) is 0.452. The molecule has 3 N–H and O–H groups in total. The maximum atomic E-state index is 12.6. The molecule has 0 aliphatic carbocycles. The number of carbonyl (C=O) groups is 3. The molecule has 0 spiro atoms. The molecule has 1 aliphatic heterocycles. The Hall–Kier alpha value is -3.91. The monoisotopic (exact) mass is 496 g/mol. The molecule has 3 rings (SSSR count). The van der Waals surface area contributed by atoms with Crippen LogP contribution in [-0.4, -0.2) is 79.4 Å². The first-order valence-electron chi connectivity index (χ1n) is 11.6. The van der Waals surface area contributed by atoms with Crippen LogP contribution < -0.4 is 5.73 Å². The molecule has 2 aromatic rings. The van der Waals surface area contributed by atoms with E-state index in [1.807, 2.05) is 0 Å². The van der Waals surface area contributed by atoms with E-state index < -0.39 is 23.2 Å². The number of primary amides is 1. The van der Waals surface area contributed by atoms with Crippen molar-refractivity contribution in [2.75, 3.05) is 20.1 Å². The van der Waals surface area contributed by atoms with Crippen LogP contribution in [0.3, 0.4) is 0 Å². The number of aliphatic hydroxyl groups is 1. The summed E-state index contributed by atoms with van der Waals surface area (Å²) in [6, 6.07) is 3.39. The molecule has 3 heterocycles. The van der Waals surface area contributed by atoms with E-state index in [1.54, 1.807) is 57.8 Å². The lowest BCUT2D eigenvalue weighted by molar-refractivity contribution is -0.117. The Balaban J connectivity index is 1.89. The molecule has 36 heavy (non-hydrogen) atoms. The normalized spacial score (nSPS) is 14.7. The van der Waals surface area contributed by atoms with Crippen LogP contribution in [0.5, 0.6) is 0 Å². The van der Waals surface area contributed by atoms with E-state index in [-0.39, 0.29) is 18.7 Å². The second-order valence-electron chi connectivity index (χ2n) is 9.96. The molecule has 0 unspecified atom stereocenters. The molecule has 1 aliphatic rings. The number of aromatic nitrogens is 3. The maximum absolute atomic E-state index is 12.6. The van der Waals surface area contributed by atoms with Gasteiger partial charge in [0, 0.05) is 50.3 Å². The Morgan fingerprint density at radius 2 is 2.06 bits per heavy atom. The number of nitrogens with two attached hydrogens (primary N) is 1.